The van der Waals surface area contributed by atoms with Crippen LogP contribution in [-0.2, 0) is 21.4 Å². The number of amides is 1. The first-order valence-electron chi connectivity index (χ1n) is 9.05. The Hall–Kier alpha value is -1.89. The van der Waals surface area contributed by atoms with Crippen molar-refractivity contribution in [1.82, 2.24) is 9.62 Å². The summed E-state index contributed by atoms with van der Waals surface area (Å²) in [6, 6.07) is 15.4. The quantitative estimate of drug-likeness (QED) is 0.797. The van der Waals surface area contributed by atoms with Gasteiger partial charge in [-0.05, 0) is 42.7 Å². The summed E-state index contributed by atoms with van der Waals surface area (Å²) in [5, 5.41) is 3.52. The molecule has 7 heteroatoms. The highest BCUT2D eigenvalue weighted by atomic mass is 35.5. The lowest BCUT2D eigenvalue weighted by atomic mass is 10.0. The van der Waals surface area contributed by atoms with Crippen molar-refractivity contribution >= 4 is 27.5 Å². The first-order valence-corrected chi connectivity index (χ1v) is 10.9. The normalized spacial score (nSPS) is 18.2. The summed E-state index contributed by atoms with van der Waals surface area (Å²) in [4.78, 5) is 12.7. The second-order valence-corrected chi connectivity index (χ2v) is 9.01. The van der Waals surface area contributed by atoms with E-state index in [1.165, 1.54) is 4.31 Å². The summed E-state index contributed by atoms with van der Waals surface area (Å²) < 4.78 is 27.4. The first kappa shape index (κ1) is 19.9. The van der Waals surface area contributed by atoms with Crippen LogP contribution < -0.4 is 5.32 Å². The van der Waals surface area contributed by atoms with E-state index in [0.29, 0.717) is 24.5 Å². The third kappa shape index (κ3) is 5.09. The molecule has 2 aromatic rings. The fourth-order valence-electron chi connectivity index (χ4n) is 3.31. The average molecular weight is 407 g/mol. The van der Waals surface area contributed by atoms with Crippen molar-refractivity contribution in [2.24, 2.45) is 0 Å². The first-order chi connectivity index (χ1) is 13.0. The fourth-order valence-corrected chi connectivity index (χ4v) is 5.15. The summed E-state index contributed by atoms with van der Waals surface area (Å²) in [6.45, 7) is 0.848. The Morgan fingerprint density at radius 3 is 2.48 bits per heavy atom. The van der Waals surface area contributed by atoms with Gasteiger partial charge in [0.15, 0.2) is 0 Å². The number of benzene rings is 2. The van der Waals surface area contributed by atoms with Gasteiger partial charge in [-0.2, -0.15) is 4.31 Å². The number of halogens is 1. The van der Waals surface area contributed by atoms with Gasteiger partial charge in [-0.15, -0.1) is 0 Å². The van der Waals surface area contributed by atoms with Crippen LogP contribution in [0.4, 0.5) is 0 Å². The molecule has 0 aliphatic carbocycles. The minimum Gasteiger partial charge on any atom is -0.352 e. The number of hydrogen-bond donors (Lipinski definition) is 1. The van der Waals surface area contributed by atoms with Gasteiger partial charge in [-0.3, -0.25) is 4.79 Å². The Labute approximate surface area is 165 Å². The van der Waals surface area contributed by atoms with Gasteiger partial charge in [0.2, 0.25) is 15.9 Å². The minimum absolute atomic E-state index is 0.148. The molecule has 1 aliphatic heterocycles. The highest BCUT2D eigenvalue weighted by Crippen LogP contribution is 2.27. The SMILES string of the molecule is O=C(CC1CCCCN1S(=O)(=O)c1ccccc1)NCc1ccc(Cl)cc1. The highest BCUT2D eigenvalue weighted by Gasteiger charge is 2.34. The van der Waals surface area contributed by atoms with Crippen LogP contribution in [0, 0.1) is 0 Å². The van der Waals surface area contributed by atoms with E-state index in [1.54, 1.807) is 42.5 Å². The number of piperidine rings is 1. The number of rotatable bonds is 6. The van der Waals surface area contributed by atoms with Crippen molar-refractivity contribution < 1.29 is 13.2 Å². The van der Waals surface area contributed by atoms with E-state index in [2.05, 4.69) is 5.32 Å². The third-order valence-electron chi connectivity index (χ3n) is 4.75. The maximum Gasteiger partial charge on any atom is 0.243 e. The number of nitrogens with one attached hydrogen (secondary N) is 1. The molecule has 1 unspecified atom stereocenters. The number of nitrogens with zero attached hydrogens (tertiary/aromatic N) is 1. The average Bonchev–Trinajstić information content (AvgIpc) is 2.68. The van der Waals surface area contributed by atoms with Crippen molar-refractivity contribution in [2.75, 3.05) is 6.54 Å². The van der Waals surface area contributed by atoms with Gasteiger partial charge in [0.05, 0.1) is 4.90 Å². The molecular formula is C20H23ClN2O3S. The molecule has 0 radical (unpaired) electrons. The predicted octanol–water partition coefficient (Wildman–Crippen LogP) is 3.59. The zero-order valence-electron chi connectivity index (χ0n) is 15.0. The summed E-state index contributed by atoms with van der Waals surface area (Å²) in [6.07, 6.45) is 2.60. The van der Waals surface area contributed by atoms with Gasteiger partial charge in [-0.25, -0.2) is 8.42 Å². The molecule has 1 aliphatic rings. The maximum atomic E-state index is 13.0. The van der Waals surface area contributed by atoms with Crippen molar-refractivity contribution in [2.45, 2.75) is 43.2 Å². The highest BCUT2D eigenvalue weighted by molar-refractivity contribution is 7.89. The molecule has 1 atom stereocenters. The summed E-state index contributed by atoms with van der Waals surface area (Å²) in [5.74, 6) is -0.148. The van der Waals surface area contributed by atoms with E-state index < -0.39 is 10.0 Å². The third-order valence-corrected chi connectivity index (χ3v) is 6.96. The zero-order chi connectivity index (χ0) is 19.3. The minimum atomic E-state index is -3.59. The largest absolute Gasteiger partial charge is 0.352 e. The topological polar surface area (TPSA) is 66.5 Å². The van der Waals surface area contributed by atoms with Crippen LogP contribution >= 0.6 is 11.6 Å². The van der Waals surface area contributed by atoms with E-state index in [9.17, 15) is 13.2 Å². The lowest BCUT2D eigenvalue weighted by Gasteiger charge is -2.34. The van der Waals surface area contributed by atoms with E-state index in [4.69, 9.17) is 11.6 Å². The second-order valence-electron chi connectivity index (χ2n) is 6.69. The Morgan fingerprint density at radius 1 is 1.07 bits per heavy atom. The number of carbonyl (C=O) groups excluding carboxylic acids is 1. The molecule has 144 valence electrons. The Balaban J connectivity index is 1.65. The molecule has 3 rings (SSSR count). The van der Waals surface area contributed by atoms with Crippen LogP contribution in [0.1, 0.15) is 31.2 Å². The number of sulfonamides is 1. The van der Waals surface area contributed by atoms with Crippen molar-refractivity contribution in [1.29, 1.82) is 0 Å². The monoisotopic (exact) mass is 406 g/mol. The lowest BCUT2D eigenvalue weighted by molar-refractivity contribution is -0.122. The Morgan fingerprint density at radius 2 is 1.78 bits per heavy atom. The molecule has 27 heavy (non-hydrogen) atoms. The van der Waals surface area contributed by atoms with E-state index in [1.807, 2.05) is 12.1 Å². The molecule has 2 aromatic carbocycles. The molecular weight excluding hydrogens is 384 g/mol. The number of hydrogen-bond acceptors (Lipinski definition) is 3. The standard InChI is InChI=1S/C20H23ClN2O3S/c21-17-11-9-16(10-12-17)15-22-20(24)14-18-6-4-5-13-23(18)27(25,26)19-7-2-1-3-8-19/h1-3,7-12,18H,4-6,13-15H2,(H,22,24). The Kier molecular flexibility index (Phi) is 6.52. The van der Waals surface area contributed by atoms with Crippen molar-refractivity contribution in [3.63, 3.8) is 0 Å². The van der Waals surface area contributed by atoms with Crippen LogP contribution in [0.25, 0.3) is 0 Å². The van der Waals surface area contributed by atoms with Crippen LogP contribution in [0.15, 0.2) is 59.5 Å². The summed E-state index contributed by atoms with van der Waals surface area (Å²) in [7, 11) is -3.59. The molecule has 1 amide bonds. The molecule has 1 saturated heterocycles. The van der Waals surface area contributed by atoms with E-state index in [-0.39, 0.29) is 23.3 Å². The van der Waals surface area contributed by atoms with Crippen LogP contribution in [-0.4, -0.2) is 31.2 Å². The van der Waals surface area contributed by atoms with E-state index in [0.717, 1.165) is 18.4 Å². The summed E-state index contributed by atoms with van der Waals surface area (Å²) in [5.41, 5.74) is 0.949. The smallest absolute Gasteiger partial charge is 0.243 e. The van der Waals surface area contributed by atoms with Gasteiger partial charge in [0.1, 0.15) is 0 Å². The summed E-state index contributed by atoms with van der Waals surface area (Å²) >= 11 is 5.86. The van der Waals surface area contributed by atoms with Gasteiger partial charge < -0.3 is 5.32 Å². The van der Waals surface area contributed by atoms with E-state index >= 15 is 0 Å². The molecule has 0 spiro atoms. The van der Waals surface area contributed by atoms with Crippen molar-refractivity contribution in [3.8, 4) is 0 Å². The van der Waals surface area contributed by atoms with Crippen LogP contribution in [0.2, 0.25) is 5.02 Å². The molecule has 1 fully saturated rings. The lowest BCUT2D eigenvalue weighted by Crippen LogP contribution is -2.45. The van der Waals surface area contributed by atoms with Crippen molar-refractivity contribution in [3.05, 3.63) is 65.2 Å². The predicted molar refractivity (Wildman–Crippen MR) is 106 cm³/mol. The van der Waals surface area contributed by atoms with Crippen LogP contribution in [0.3, 0.4) is 0 Å². The zero-order valence-corrected chi connectivity index (χ0v) is 16.5. The molecule has 0 saturated carbocycles. The maximum absolute atomic E-state index is 13.0. The van der Waals surface area contributed by atoms with Gasteiger partial charge in [0.25, 0.3) is 0 Å². The van der Waals surface area contributed by atoms with Crippen LogP contribution in [0.5, 0.6) is 0 Å². The molecule has 1 heterocycles. The van der Waals surface area contributed by atoms with Gasteiger partial charge in [0, 0.05) is 30.6 Å². The van der Waals surface area contributed by atoms with Gasteiger partial charge in [-0.1, -0.05) is 48.4 Å². The fraction of sp³-hybridized carbons (Fsp3) is 0.350. The molecule has 1 N–H and O–H groups in total. The molecule has 0 bridgehead atoms. The molecule has 5 nitrogen and oxygen atoms in total. The second kappa shape index (κ2) is 8.87. The Bertz CT molecular complexity index is 870. The molecule has 0 aromatic heterocycles. The number of carbonyl (C=O) groups is 1. The van der Waals surface area contributed by atoms with Gasteiger partial charge >= 0.3 is 0 Å².